The second-order valence-electron chi connectivity index (χ2n) is 6.55. The Balaban J connectivity index is 2.09. The summed E-state index contributed by atoms with van der Waals surface area (Å²) < 4.78 is 13.3. The van der Waals surface area contributed by atoms with E-state index >= 15 is 0 Å². The number of carbonyl (C=O) groups is 2. The maximum Gasteiger partial charge on any atom is 0.257 e. The summed E-state index contributed by atoms with van der Waals surface area (Å²) in [5, 5.41) is 5.33. The van der Waals surface area contributed by atoms with Gasteiger partial charge in [-0.15, -0.1) is 0 Å². The molecule has 2 rings (SSSR count). The molecule has 0 aliphatic carbocycles. The molecule has 2 amide bonds. The molecule has 6 heteroatoms. The Morgan fingerprint density at radius 3 is 2.38 bits per heavy atom. The number of rotatable bonds is 3. The average Bonchev–Trinajstić information content (AvgIpc) is 2.50. The molecule has 0 saturated carbocycles. The van der Waals surface area contributed by atoms with Crippen LogP contribution >= 0.6 is 0 Å². The molecular formula is C18H20FN3O2. The van der Waals surface area contributed by atoms with Gasteiger partial charge in [0.25, 0.3) is 5.91 Å². The number of halogens is 1. The highest BCUT2D eigenvalue weighted by Crippen LogP contribution is 2.18. The summed E-state index contributed by atoms with van der Waals surface area (Å²) in [5.41, 5.74) is 0.941. The fraction of sp³-hybridized carbons (Fsp3) is 0.278. The fourth-order valence-electron chi connectivity index (χ4n) is 1.83. The molecule has 1 aromatic heterocycles. The van der Waals surface area contributed by atoms with Gasteiger partial charge in [-0.25, -0.2) is 9.37 Å². The summed E-state index contributed by atoms with van der Waals surface area (Å²) >= 11 is 0. The van der Waals surface area contributed by atoms with Crippen molar-refractivity contribution in [2.75, 3.05) is 10.6 Å². The SMILES string of the molecule is Cc1ccc(F)cc1NC(=O)c1ccc(NC(=O)C(C)(C)C)nc1. The van der Waals surface area contributed by atoms with Crippen LogP contribution in [0.25, 0.3) is 0 Å². The van der Waals surface area contributed by atoms with Crippen LogP contribution in [0.1, 0.15) is 36.7 Å². The van der Waals surface area contributed by atoms with Gasteiger partial charge < -0.3 is 10.6 Å². The number of pyridine rings is 1. The highest BCUT2D eigenvalue weighted by atomic mass is 19.1. The lowest BCUT2D eigenvalue weighted by Gasteiger charge is -2.17. The van der Waals surface area contributed by atoms with Gasteiger partial charge in [0.2, 0.25) is 5.91 Å². The average molecular weight is 329 g/mol. The molecule has 24 heavy (non-hydrogen) atoms. The zero-order valence-electron chi connectivity index (χ0n) is 14.1. The lowest BCUT2D eigenvalue weighted by molar-refractivity contribution is -0.123. The summed E-state index contributed by atoms with van der Waals surface area (Å²) in [4.78, 5) is 28.2. The van der Waals surface area contributed by atoms with E-state index in [-0.39, 0.29) is 5.91 Å². The third-order valence-electron chi connectivity index (χ3n) is 3.40. The van der Waals surface area contributed by atoms with Crippen molar-refractivity contribution >= 4 is 23.3 Å². The first kappa shape index (κ1) is 17.6. The first-order valence-electron chi connectivity index (χ1n) is 7.52. The molecule has 2 aromatic rings. The highest BCUT2D eigenvalue weighted by Gasteiger charge is 2.21. The van der Waals surface area contributed by atoms with Crippen molar-refractivity contribution in [3.63, 3.8) is 0 Å². The number of nitrogens with zero attached hydrogens (tertiary/aromatic N) is 1. The Hall–Kier alpha value is -2.76. The van der Waals surface area contributed by atoms with Crippen molar-refractivity contribution < 1.29 is 14.0 Å². The van der Waals surface area contributed by atoms with Crippen LogP contribution in [0.2, 0.25) is 0 Å². The predicted octanol–water partition coefficient (Wildman–Crippen LogP) is 3.77. The second-order valence-corrected chi connectivity index (χ2v) is 6.55. The van der Waals surface area contributed by atoms with Crippen molar-refractivity contribution in [1.82, 2.24) is 4.98 Å². The number of benzene rings is 1. The van der Waals surface area contributed by atoms with Crippen LogP contribution < -0.4 is 10.6 Å². The lowest BCUT2D eigenvalue weighted by Crippen LogP contribution is -2.28. The van der Waals surface area contributed by atoms with E-state index in [4.69, 9.17) is 0 Å². The largest absolute Gasteiger partial charge is 0.322 e. The quantitative estimate of drug-likeness (QED) is 0.900. The van der Waals surface area contributed by atoms with E-state index in [0.29, 0.717) is 17.1 Å². The van der Waals surface area contributed by atoms with E-state index in [2.05, 4.69) is 15.6 Å². The number of amides is 2. The van der Waals surface area contributed by atoms with E-state index in [9.17, 15) is 14.0 Å². The summed E-state index contributed by atoms with van der Waals surface area (Å²) in [7, 11) is 0. The molecule has 0 unspecified atom stereocenters. The summed E-state index contributed by atoms with van der Waals surface area (Å²) in [6.07, 6.45) is 1.36. The van der Waals surface area contributed by atoms with Gasteiger partial charge in [0.15, 0.2) is 0 Å². The molecule has 0 atom stereocenters. The topological polar surface area (TPSA) is 71.1 Å². The molecule has 126 valence electrons. The molecule has 0 fully saturated rings. The third kappa shape index (κ3) is 4.38. The van der Waals surface area contributed by atoms with E-state index in [0.717, 1.165) is 5.56 Å². The maximum atomic E-state index is 13.3. The zero-order valence-corrected chi connectivity index (χ0v) is 14.1. The minimum atomic E-state index is -0.535. The van der Waals surface area contributed by atoms with Gasteiger partial charge in [0.1, 0.15) is 11.6 Å². The predicted molar refractivity (Wildman–Crippen MR) is 91.4 cm³/mol. The summed E-state index contributed by atoms with van der Waals surface area (Å²) in [5.74, 6) is -0.616. The second kappa shape index (κ2) is 6.78. The summed E-state index contributed by atoms with van der Waals surface area (Å²) in [6.45, 7) is 7.17. The number of carbonyl (C=O) groups excluding carboxylic acids is 2. The van der Waals surface area contributed by atoms with Crippen LogP contribution in [0.4, 0.5) is 15.9 Å². The lowest BCUT2D eigenvalue weighted by atomic mass is 9.96. The normalized spacial score (nSPS) is 11.0. The zero-order chi connectivity index (χ0) is 17.9. The van der Waals surface area contributed by atoms with Crippen molar-refractivity contribution in [2.24, 2.45) is 5.41 Å². The van der Waals surface area contributed by atoms with Crippen molar-refractivity contribution in [3.8, 4) is 0 Å². The molecule has 0 saturated heterocycles. The molecule has 0 aliphatic heterocycles. The molecule has 0 bridgehead atoms. The van der Waals surface area contributed by atoms with Gasteiger partial charge in [-0.05, 0) is 36.8 Å². The molecule has 0 spiro atoms. The number of aryl methyl sites for hydroxylation is 1. The van der Waals surface area contributed by atoms with Gasteiger partial charge >= 0.3 is 0 Å². The Morgan fingerprint density at radius 1 is 1.08 bits per heavy atom. The number of aromatic nitrogens is 1. The third-order valence-corrected chi connectivity index (χ3v) is 3.40. The molecule has 5 nitrogen and oxygen atoms in total. The smallest absolute Gasteiger partial charge is 0.257 e. The van der Waals surface area contributed by atoms with E-state index < -0.39 is 17.1 Å². The first-order chi connectivity index (χ1) is 11.2. The monoisotopic (exact) mass is 329 g/mol. The van der Waals surface area contributed by atoms with Gasteiger partial charge in [0, 0.05) is 17.3 Å². The summed E-state index contributed by atoms with van der Waals surface area (Å²) in [6, 6.07) is 7.29. The Kier molecular flexibility index (Phi) is 4.97. The number of hydrogen-bond acceptors (Lipinski definition) is 3. The fourth-order valence-corrected chi connectivity index (χ4v) is 1.83. The molecule has 1 heterocycles. The first-order valence-corrected chi connectivity index (χ1v) is 7.52. The van der Waals surface area contributed by atoms with Crippen molar-refractivity contribution in [1.29, 1.82) is 0 Å². The van der Waals surface area contributed by atoms with Crippen molar-refractivity contribution in [2.45, 2.75) is 27.7 Å². The van der Waals surface area contributed by atoms with Crippen LogP contribution in [0, 0.1) is 18.2 Å². The van der Waals surface area contributed by atoms with Gasteiger partial charge in [-0.3, -0.25) is 9.59 Å². The van der Waals surface area contributed by atoms with E-state index in [1.165, 1.54) is 18.3 Å². The minimum absolute atomic E-state index is 0.164. The van der Waals surface area contributed by atoms with E-state index in [1.807, 2.05) is 0 Å². The highest BCUT2D eigenvalue weighted by molar-refractivity contribution is 6.04. The molecule has 1 aromatic carbocycles. The number of anilines is 2. The maximum absolute atomic E-state index is 13.3. The Morgan fingerprint density at radius 2 is 1.79 bits per heavy atom. The Bertz CT molecular complexity index is 765. The van der Waals surface area contributed by atoms with Crippen LogP contribution in [-0.4, -0.2) is 16.8 Å². The minimum Gasteiger partial charge on any atom is -0.322 e. The van der Waals surface area contributed by atoms with Crippen LogP contribution in [-0.2, 0) is 4.79 Å². The Labute approximate surface area is 140 Å². The van der Waals surface area contributed by atoms with Gasteiger partial charge in [-0.1, -0.05) is 26.8 Å². The van der Waals surface area contributed by atoms with Gasteiger partial charge in [0.05, 0.1) is 5.56 Å². The van der Waals surface area contributed by atoms with Crippen LogP contribution in [0.3, 0.4) is 0 Å². The molecule has 0 radical (unpaired) electrons. The molecule has 0 aliphatic rings. The van der Waals surface area contributed by atoms with Gasteiger partial charge in [-0.2, -0.15) is 0 Å². The van der Waals surface area contributed by atoms with E-state index in [1.54, 1.807) is 45.9 Å². The number of hydrogen-bond donors (Lipinski definition) is 2. The van der Waals surface area contributed by atoms with Crippen molar-refractivity contribution in [3.05, 3.63) is 53.5 Å². The molecule has 2 N–H and O–H groups in total. The van der Waals surface area contributed by atoms with Crippen LogP contribution in [0.5, 0.6) is 0 Å². The standard InChI is InChI=1S/C18H20FN3O2/c1-11-5-7-13(19)9-14(11)21-16(23)12-6-8-15(20-10-12)22-17(24)18(2,3)4/h5-10H,1-4H3,(H,21,23)(H,20,22,24). The molecular weight excluding hydrogens is 309 g/mol. The number of nitrogens with one attached hydrogen (secondary N) is 2. The van der Waals surface area contributed by atoms with Crippen LogP contribution in [0.15, 0.2) is 36.5 Å².